The molecular weight excluding hydrogens is 430 g/mol. The Morgan fingerprint density at radius 2 is 1.70 bits per heavy atom. The molecule has 0 aromatic heterocycles. The summed E-state index contributed by atoms with van der Waals surface area (Å²) >= 11 is 3.40. The number of methoxy groups -OCH3 is 2. The lowest BCUT2D eigenvalue weighted by Gasteiger charge is -2.29. The number of sulfonamides is 1. The van der Waals surface area contributed by atoms with Gasteiger partial charge >= 0.3 is 0 Å². The van der Waals surface area contributed by atoms with E-state index >= 15 is 0 Å². The number of ether oxygens (including phenoxy) is 2. The molecule has 146 valence electrons. The van der Waals surface area contributed by atoms with E-state index in [0.717, 1.165) is 18.4 Å². The first kappa shape index (κ1) is 20.2. The van der Waals surface area contributed by atoms with E-state index in [1.807, 2.05) is 37.3 Å². The van der Waals surface area contributed by atoms with Crippen molar-refractivity contribution >= 4 is 26.0 Å². The zero-order valence-electron chi connectivity index (χ0n) is 15.7. The summed E-state index contributed by atoms with van der Waals surface area (Å²) in [5.74, 6) is 1.27. The number of hydrogen-bond acceptors (Lipinski definition) is 4. The van der Waals surface area contributed by atoms with E-state index in [1.54, 1.807) is 10.4 Å². The van der Waals surface area contributed by atoms with Gasteiger partial charge in [0.2, 0.25) is 10.0 Å². The van der Waals surface area contributed by atoms with Gasteiger partial charge in [-0.05, 0) is 53.2 Å². The predicted octanol–water partition coefficient (Wildman–Crippen LogP) is 4.46. The first-order chi connectivity index (χ1) is 12.9. The maximum atomic E-state index is 13.6. The summed E-state index contributed by atoms with van der Waals surface area (Å²) in [4.78, 5) is 0.184. The van der Waals surface area contributed by atoms with Crippen LogP contribution in [0.15, 0.2) is 51.8 Å². The van der Waals surface area contributed by atoms with E-state index in [2.05, 4.69) is 15.9 Å². The van der Waals surface area contributed by atoms with Crippen molar-refractivity contribution in [3.05, 3.63) is 52.5 Å². The monoisotopic (exact) mass is 453 g/mol. The fourth-order valence-electron chi connectivity index (χ4n) is 3.18. The molecule has 0 saturated heterocycles. The molecule has 3 rings (SSSR count). The maximum Gasteiger partial charge on any atom is 0.244 e. The van der Waals surface area contributed by atoms with E-state index < -0.39 is 10.0 Å². The highest BCUT2D eigenvalue weighted by molar-refractivity contribution is 9.10. The Labute approximate surface area is 169 Å². The second-order valence-corrected chi connectivity index (χ2v) is 9.46. The number of halogens is 1. The van der Waals surface area contributed by atoms with Crippen molar-refractivity contribution < 1.29 is 17.9 Å². The first-order valence-electron chi connectivity index (χ1n) is 8.85. The van der Waals surface area contributed by atoms with Gasteiger partial charge in [0.1, 0.15) is 4.90 Å². The van der Waals surface area contributed by atoms with Crippen LogP contribution in [0.4, 0.5) is 0 Å². The van der Waals surface area contributed by atoms with E-state index in [4.69, 9.17) is 9.47 Å². The largest absolute Gasteiger partial charge is 0.493 e. The van der Waals surface area contributed by atoms with Crippen molar-refractivity contribution in [3.63, 3.8) is 0 Å². The lowest BCUT2D eigenvalue weighted by atomic mass is 10.2. The molecular formula is C20H24BrNO4S. The minimum Gasteiger partial charge on any atom is -0.493 e. The van der Waals surface area contributed by atoms with Gasteiger partial charge in [-0.25, -0.2) is 8.42 Å². The van der Waals surface area contributed by atoms with Crippen molar-refractivity contribution in [1.29, 1.82) is 0 Å². The van der Waals surface area contributed by atoms with Gasteiger partial charge in [0.25, 0.3) is 0 Å². The second-order valence-electron chi connectivity index (χ2n) is 6.75. The van der Waals surface area contributed by atoms with E-state index in [0.29, 0.717) is 28.4 Å². The van der Waals surface area contributed by atoms with Gasteiger partial charge < -0.3 is 9.47 Å². The second kappa shape index (κ2) is 8.20. The minimum absolute atomic E-state index is 0.0739. The Morgan fingerprint density at radius 3 is 2.26 bits per heavy atom. The van der Waals surface area contributed by atoms with Crippen LogP contribution in [0.3, 0.4) is 0 Å². The maximum absolute atomic E-state index is 13.6. The van der Waals surface area contributed by atoms with Gasteiger partial charge in [0.05, 0.1) is 14.2 Å². The van der Waals surface area contributed by atoms with Crippen LogP contribution in [-0.2, 0) is 16.6 Å². The molecule has 1 aliphatic carbocycles. The first-order valence-corrected chi connectivity index (χ1v) is 11.1. The summed E-state index contributed by atoms with van der Waals surface area (Å²) in [5, 5.41) is 0. The fourth-order valence-corrected chi connectivity index (χ4v) is 5.86. The molecule has 0 heterocycles. The molecule has 1 aliphatic rings. The third-order valence-electron chi connectivity index (χ3n) is 4.96. The lowest BCUT2D eigenvalue weighted by molar-refractivity contribution is 0.302. The molecule has 1 saturated carbocycles. The average Bonchev–Trinajstić information content (AvgIpc) is 3.51. The summed E-state index contributed by atoms with van der Waals surface area (Å²) in [5.41, 5.74) is 0.963. The van der Waals surface area contributed by atoms with Crippen molar-refractivity contribution in [2.75, 3.05) is 14.2 Å². The van der Waals surface area contributed by atoms with Crippen LogP contribution in [0.1, 0.15) is 25.3 Å². The Hall–Kier alpha value is -1.57. The topological polar surface area (TPSA) is 55.8 Å². The molecule has 0 N–H and O–H groups in total. The van der Waals surface area contributed by atoms with E-state index in [9.17, 15) is 8.42 Å². The molecule has 5 nitrogen and oxygen atoms in total. The highest BCUT2D eigenvalue weighted by atomic mass is 79.9. The van der Waals surface area contributed by atoms with Gasteiger partial charge in [-0.1, -0.05) is 30.3 Å². The molecule has 27 heavy (non-hydrogen) atoms. The molecule has 1 atom stereocenters. The van der Waals surface area contributed by atoms with E-state index in [1.165, 1.54) is 20.3 Å². The van der Waals surface area contributed by atoms with Crippen LogP contribution < -0.4 is 9.47 Å². The van der Waals surface area contributed by atoms with Crippen molar-refractivity contribution in [2.45, 2.75) is 37.2 Å². The number of hydrogen-bond donors (Lipinski definition) is 0. The van der Waals surface area contributed by atoms with Crippen LogP contribution in [0.25, 0.3) is 0 Å². The zero-order valence-corrected chi connectivity index (χ0v) is 18.1. The van der Waals surface area contributed by atoms with Gasteiger partial charge in [-0.3, -0.25) is 0 Å². The summed E-state index contributed by atoms with van der Waals surface area (Å²) < 4.78 is 39.8. The molecule has 0 radical (unpaired) electrons. The van der Waals surface area contributed by atoms with Gasteiger partial charge in [-0.2, -0.15) is 4.31 Å². The Kier molecular flexibility index (Phi) is 6.13. The van der Waals surface area contributed by atoms with Gasteiger partial charge in [0.15, 0.2) is 11.5 Å². The molecule has 1 fully saturated rings. The predicted molar refractivity (Wildman–Crippen MR) is 109 cm³/mol. The Balaban J connectivity index is 2.04. The number of benzene rings is 2. The quantitative estimate of drug-likeness (QED) is 0.591. The SMILES string of the molecule is COc1cc(Br)c(S(=O)(=O)N(Cc2ccccc2)C(C)C2CC2)cc1OC. The van der Waals surface area contributed by atoms with Gasteiger partial charge in [0, 0.05) is 23.1 Å². The van der Waals surface area contributed by atoms with Crippen molar-refractivity contribution in [3.8, 4) is 11.5 Å². The molecule has 0 spiro atoms. The Morgan fingerprint density at radius 1 is 1.11 bits per heavy atom. The number of nitrogens with zero attached hydrogens (tertiary/aromatic N) is 1. The molecule has 0 aliphatic heterocycles. The average molecular weight is 454 g/mol. The molecule has 7 heteroatoms. The summed E-state index contributed by atoms with van der Waals surface area (Å²) in [6.07, 6.45) is 2.13. The summed E-state index contributed by atoms with van der Waals surface area (Å²) in [6, 6.07) is 12.8. The fraction of sp³-hybridized carbons (Fsp3) is 0.400. The summed E-state index contributed by atoms with van der Waals surface area (Å²) in [6.45, 7) is 2.33. The standard InChI is InChI=1S/C20H24BrNO4S/c1-14(16-9-10-16)22(13-15-7-5-4-6-8-15)27(23,24)20-12-19(26-3)18(25-2)11-17(20)21/h4-8,11-12,14,16H,9-10,13H2,1-3H3. The molecule has 0 bridgehead atoms. The normalized spacial score (nSPS) is 15.6. The lowest BCUT2D eigenvalue weighted by Crippen LogP contribution is -2.39. The van der Waals surface area contributed by atoms with Crippen molar-refractivity contribution in [2.24, 2.45) is 5.92 Å². The smallest absolute Gasteiger partial charge is 0.244 e. The minimum atomic E-state index is -3.74. The van der Waals surface area contributed by atoms with Crippen LogP contribution in [-0.4, -0.2) is 33.0 Å². The van der Waals surface area contributed by atoms with Crippen LogP contribution in [0, 0.1) is 5.92 Å². The van der Waals surface area contributed by atoms with Gasteiger partial charge in [-0.15, -0.1) is 0 Å². The third kappa shape index (κ3) is 4.31. The van der Waals surface area contributed by atoms with E-state index in [-0.39, 0.29) is 10.9 Å². The molecule has 0 amide bonds. The highest BCUT2D eigenvalue weighted by Gasteiger charge is 2.39. The third-order valence-corrected chi connectivity index (χ3v) is 7.86. The van der Waals surface area contributed by atoms with Crippen LogP contribution in [0.5, 0.6) is 11.5 Å². The van der Waals surface area contributed by atoms with Crippen LogP contribution >= 0.6 is 15.9 Å². The van der Waals surface area contributed by atoms with Crippen molar-refractivity contribution in [1.82, 2.24) is 4.31 Å². The molecule has 2 aromatic rings. The Bertz CT molecular complexity index is 898. The van der Waals surface area contributed by atoms with Crippen LogP contribution in [0.2, 0.25) is 0 Å². The molecule has 2 aromatic carbocycles. The highest BCUT2D eigenvalue weighted by Crippen LogP contribution is 2.41. The number of rotatable bonds is 8. The summed E-state index contributed by atoms with van der Waals surface area (Å²) in [7, 11) is -0.721. The zero-order chi connectivity index (χ0) is 19.6. The molecule has 1 unspecified atom stereocenters.